The molecular weight excluding hydrogens is 528 g/mol. The quantitative estimate of drug-likeness (QED) is 0.182. The minimum absolute atomic E-state index is 0.390. The number of hydrogen-bond donors (Lipinski definition) is 5. The van der Waals surface area contributed by atoms with E-state index in [1.54, 1.807) is 0 Å². The molecule has 4 rings (SSSR count). The van der Waals surface area contributed by atoms with Gasteiger partial charge in [-0.1, -0.05) is 18.2 Å². The molecule has 0 aromatic heterocycles. The summed E-state index contributed by atoms with van der Waals surface area (Å²) in [6.07, 6.45) is 0. The molecule has 5 N–H and O–H groups in total. The summed E-state index contributed by atoms with van der Waals surface area (Å²) < 4.78 is 134. The first kappa shape index (κ1) is 23.5. The first-order valence-electron chi connectivity index (χ1n) is 8.25. The molecule has 4 aromatic carbocycles. The molecule has 0 aliphatic rings. The second-order valence-electron chi connectivity index (χ2n) is 6.85. The van der Waals surface area contributed by atoms with Gasteiger partial charge in [-0.2, -0.15) is 33.7 Å². The molecule has 0 fully saturated rings. The largest absolute Gasteiger partial charge is 0.506 e. The van der Waals surface area contributed by atoms with Crippen molar-refractivity contribution in [2.24, 2.45) is 0 Å². The highest BCUT2D eigenvalue weighted by molar-refractivity contribution is 7.89. The van der Waals surface area contributed by atoms with E-state index in [-0.39, 0.29) is 0 Å². The van der Waals surface area contributed by atoms with Gasteiger partial charge in [-0.3, -0.25) is 18.2 Å². The predicted molar refractivity (Wildman–Crippen MR) is 111 cm³/mol. The fourth-order valence-corrected chi connectivity index (χ4v) is 7.46. The van der Waals surface area contributed by atoms with Crippen molar-refractivity contribution in [2.75, 3.05) is 0 Å². The molecule has 0 unspecified atom stereocenters. The van der Waals surface area contributed by atoms with Crippen LogP contribution in [0.15, 0.2) is 49.9 Å². The second-order valence-corrected chi connectivity index (χ2v) is 12.3. The van der Waals surface area contributed by atoms with Gasteiger partial charge in [-0.25, -0.2) is 0 Å². The molecule has 17 heteroatoms. The molecule has 0 aliphatic heterocycles. The molecule has 0 heterocycles. The highest BCUT2D eigenvalue weighted by Crippen LogP contribution is 2.47. The van der Waals surface area contributed by atoms with Crippen LogP contribution in [0.5, 0.6) is 5.75 Å². The summed E-state index contributed by atoms with van der Waals surface area (Å²) in [5.41, 5.74) is 0. The van der Waals surface area contributed by atoms with Gasteiger partial charge in [0.2, 0.25) is 0 Å². The number of phenols is 1. The zero-order valence-corrected chi connectivity index (χ0v) is 18.8. The Morgan fingerprint density at radius 2 is 0.848 bits per heavy atom. The van der Waals surface area contributed by atoms with E-state index in [0.29, 0.717) is 6.07 Å². The van der Waals surface area contributed by atoms with Crippen molar-refractivity contribution in [1.82, 2.24) is 0 Å². The summed E-state index contributed by atoms with van der Waals surface area (Å²) >= 11 is 0. The highest BCUT2D eigenvalue weighted by Gasteiger charge is 2.34. The fraction of sp³-hybridized carbons (Fsp3) is 0. The van der Waals surface area contributed by atoms with Crippen LogP contribution in [0, 0.1) is 0 Å². The Bertz CT molecular complexity index is 1900. The highest BCUT2D eigenvalue weighted by atomic mass is 32.2. The van der Waals surface area contributed by atoms with Gasteiger partial charge < -0.3 is 5.11 Å². The molecule has 0 aliphatic carbocycles. The Hall–Kier alpha value is -2.64. The molecular formula is C16H10O13S4. The van der Waals surface area contributed by atoms with Crippen molar-refractivity contribution in [1.29, 1.82) is 0 Å². The van der Waals surface area contributed by atoms with Crippen molar-refractivity contribution >= 4 is 72.8 Å². The van der Waals surface area contributed by atoms with Crippen LogP contribution in [-0.2, 0) is 40.5 Å². The van der Waals surface area contributed by atoms with Crippen LogP contribution < -0.4 is 0 Å². The number of hydrogen-bond acceptors (Lipinski definition) is 9. The summed E-state index contributed by atoms with van der Waals surface area (Å²) in [6.45, 7) is 0. The van der Waals surface area contributed by atoms with Crippen LogP contribution in [-0.4, -0.2) is 57.0 Å². The molecule has 0 atom stereocenters. The second kappa shape index (κ2) is 6.70. The lowest BCUT2D eigenvalue weighted by Gasteiger charge is -2.19. The lowest BCUT2D eigenvalue weighted by atomic mass is 9.93. The molecule has 0 spiro atoms. The van der Waals surface area contributed by atoms with Gasteiger partial charge in [0.25, 0.3) is 40.5 Å². The first-order chi connectivity index (χ1) is 14.8. The van der Waals surface area contributed by atoms with Crippen LogP contribution in [0.3, 0.4) is 0 Å². The summed E-state index contributed by atoms with van der Waals surface area (Å²) in [6, 6.07) is 4.02. The maximum absolute atomic E-state index is 12.0. The van der Waals surface area contributed by atoms with Gasteiger partial charge >= 0.3 is 0 Å². The van der Waals surface area contributed by atoms with Crippen molar-refractivity contribution in [3.63, 3.8) is 0 Å². The standard InChI is InChI=1S/C16H10O13S4/c17-14-8-3-1-6-10(30(18,19)20)5-11(31(21,22)23)7-2-4-9(13(8)12(6)7)15(32(24,25)26)16(14)33(27,28)29/h1-5,17H,(H,18,19,20)(H,21,22,23)(H,24,25,26)(H,27,28,29). The minimum Gasteiger partial charge on any atom is -0.506 e. The van der Waals surface area contributed by atoms with Crippen molar-refractivity contribution in [3.05, 3.63) is 30.3 Å². The Kier molecular flexibility index (Phi) is 4.78. The Morgan fingerprint density at radius 1 is 0.485 bits per heavy atom. The van der Waals surface area contributed by atoms with Crippen molar-refractivity contribution < 1.29 is 57.0 Å². The Balaban J connectivity index is 2.53. The van der Waals surface area contributed by atoms with E-state index in [4.69, 9.17) is 0 Å². The van der Waals surface area contributed by atoms with Crippen LogP contribution in [0.2, 0.25) is 0 Å². The van der Waals surface area contributed by atoms with Crippen LogP contribution in [0.1, 0.15) is 0 Å². The van der Waals surface area contributed by atoms with E-state index in [2.05, 4.69) is 0 Å². The molecule has 4 aromatic rings. The monoisotopic (exact) mass is 538 g/mol. The van der Waals surface area contributed by atoms with E-state index in [9.17, 15) is 57.0 Å². The summed E-state index contributed by atoms with van der Waals surface area (Å²) in [5.74, 6) is -1.35. The number of benzene rings is 4. The lowest BCUT2D eigenvalue weighted by Crippen LogP contribution is -2.11. The molecule has 0 saturated heterocycles. The topological polar surface area (TPSA) is 238 Å². The van der Waals surface area contributed by atoms with Crippen LogP contribution >= 0.6 is 0 Å². The molecule has 176 valence electrons. The minimum atomic E-state index is -5.48. The normalized spacial score (nSPS) is 13.9. The van der Waals surface area contributed by atoms with Crippen LogP contribution in [0.25, 0.3) is 32.3 Å². The summed E-state index contributed by atoms with van der Waals surface area (Å²) in [4.78, 5) is -5.05. The van der Waals surface area contributed by atoms with Gasteiger partial charge in [0, 0.05) is 32.3 Å². The predicted octanol–water partition coefficient (Wildman–Crippen LogP) is 1.28. The average Bonchev–Trinajstić information content (AvgIpc) is 2.62. The third kappa shape index (κ3) is 3.49. The first-order valence-corrected chi connectivity index (χ1v) is 14.0. The molecule has 0 bridgehead atoms. The maximum atomic E-state index is 12.0. The third-order valence-electron chi connectivity index (χ3n) is 4.95. The van der Waals surface area contributed by atoms with Gasteiger partial charge in [0.1, 0.15) is 20.4 Å². The van der Waals surface area contributed by atoms with Crippen molar-refractivity contribution in [2.45, 2.75) is 19.6 Å². The molecule has 0 amide bonds. The maximum Gasteiger partial charge on any atom is 0.299 e. The summed E-state index contributed by atoms with van der Waals surface area (Å²) in [5, 5.41) is 7.73. The molecule has 0 saturated carbocycles. The van der Waals surface area contributed by atoms with Gasteiger partial charge in [0.05, 0.1) is 0 Å². The number of aromatic hydroxyl groups is 1. The van der Waals surface area contributed by atoms with E-state index < -0.39 is 98.1 Å². The Morgan fingerprint density at radius 3 is 1.24 bits per heavy atom. The fourth-order valence-electron chi connectivity index (χ4n) is 3.84. The van der Waals surface area contributed by atoms with Crippen molar-refractivity contribution in [3.8, 4) is 5.75 Å². The van der Waals surface area contributed by atoms with E-state index >= 15 is 0 Å². The lowest BCUT2D eigenvalue weighted by molar-refractivity contribution is 0.436. The average molecular weight is 539 g/mol. The van der Waals surface area contributed by atoms with Gasteiger partial charge in [-0.15, -0.1) is 0 Å². The van der Waals surface area contributed by atoms with Gasteiger partial charge in [0.15, 0.2) is 4.90 Å². The van der Waals surface area contributed by atoms with Gasteiger partial charge in [-0.05, 0) is 12.1 Å². The number of phenolic OH excluding ortho intramolecular Hbond substituents is 1. The SMILES string of the molecule is O=S(=O)(O)c1c(O)c2ccc3c(S(=O)(=O)O)cc(S(=O)(=O)O)c4ccc(c1S(=O)(=O)O)c2c34. The smallest absolute Gasteiger partial charge is 0.299 e. The van der Waals surface area contributed by atoms with Crippen LogP contribution in [0.4, 0.5) is 0 Å². The molecule has 33 heavy (non-hydrogen) atoms. The van der Waals surface area contributed by atoms with E-state index in [1.165, 1.54) is 0 Å². The van der Waals surface area contributed by atoms with E-state index in [0.717, 1.165) is 24.3 Å². The zero-order chi connectivity index (χ0) is 24.9. The summed E-state index contributed by atoms with van der Waals surface area (Å²) in [7, 11) is -21.2. The molecule has 13 nitrogen and oxygen atoms in total. The van der Waals surface area contributed by atoms with E-state index in [1.807, 2.05) is 0 Å². The molecule has 0 radical (unpaired) electrons. The number of rotatable bonds is 4. The Labute approximate surface area is 185 Å². The third-order valence-corrected chi connectivity index (χ3v) is 8.72. The zero-order valence-electron chi connectivity index (χ0n) is 15.5.